The highest BCUT2D eigenvalue weighted by atomic mass is 15.2. The SMILES string of the molecule is CNC1N=C(c2ccccc2)c2ccccc2-n2c(C)cnc21. The third kappa shape index (κ3) is 2.19. The van der Waals surface area contributed by atoms with Gasteiger partial charge in [-0.1, -0.05) is 48.5 Å². The molecule has 1 aliphatic rings. The number of rotatable bonds is 2. The zero-order valence-corrected chi connectivity index (χ0v) is 13.2. The van der Waals surface area contributed by atoms with Gasteiger partial charge in [0.05, 0.1) is 11.4 Å². The number of fused-ring (bicyclic) bond motifs is 3. The van der Waals surface area contributed by atoms with Gasteiger partial charge in [0.1, 0.15) is 0 Å². The molecule has 23 heavy (non-hydrogen) atoms. The molecule has 1 aliphatic heterocycles. The fourth-order valence-electron chi connectivity index (χ4n) is 3.11. The molecule has 0 bridgehead atoms. The summed E-state index contributed by atoms with van der Waals surface area (Å²) < 4.78 is 2.19. The molecule has 4 heteroatoms. The molecule has 2 heterocycles. The zero-order chi connectivity index (χ0) is 15.8. The van der Waals surface area contributed by atoms with E-state index < -0.39 is 0 Å². The standard InChI is InChI=1S/C19H18N4/c1-13-12-21-19-18(20-2)22-17(14-8-4-3-5-9-14)15-10-6-7-11-16(15)23(13)19/h3-12,18,20H,1-2H3. The summed E-state index contributed by atoms with van der Waals surface area (Å²) in [5.41, 5.74) is 5.46. The minimum absolute atomic E-state index is 0.175. The lowest BCUT2D eigenvalue weighted by Crippen LogP contribution is -2.18. The van der Waals surface area contributed by atoms with E-state index in [9.17, 15) is 0 Å². The highest BCUT2D eigenvalue weighted by molar-refractivity contribution is 6.15. The van der Waals surface area contributed by atoms with Crippen molar-refractivity contribution < 1.29 is 0 Å². The molecule has 0 radical (unpaired) electrons. The Hall–Kier alpha value is -2.72. The van der Waals surface area contributed by atoms with Crippen molar-refractivity contribution in [3.05, 3.63) is 83.4 Å². The van der Waals surface area contributed by atoms with Gasteiger partial charge < -0.3 is 0 Å². The Morgan fingerprint density at radius 1 is 1.00 bits per heavy atom. The van der Waals surface area contributed by atoms with Gasteiger partial charge in [-0.3, -0.25) is 14.9 Å². The molecular formula is C19H18N4. The molecule has 1 aromatic heterocycles. The topological polar surface area (TPSA) is 42.2 Å². The molecule has 114 valence electrons. The van der Waals surface area contributed by atoms with E-state index in [1.165, 1.54) is 0 Å². The largest absolute Gasteiger partial charge is 0.297 e. The number of aromatic nitrogens is 2. The fourth-order valence-corrected chi connectivity index (χ4v) is 3.11. The molecule has 0 spiro atoms. The van der Waals surface area contributed by atoms with Gasteiger partial charge in [-0.25, -0.2) is 4.98 Å². The molecule has 4 nitrogen and oxygen atoms in total. The lowest BCUT2D eigenvalue weighted by Gasteiger charge is -2.13. The molecule has 0 saturated heterocycles. The van der Waals surface area contributed by atoms with E-state index in [2.05, 4.69) is 58.2 Å². The Morgan fingerprint density at radius 3 is 2.52 bits per heavy atom. The summed E-state index contributed by atoms with van der Waals surface area (Å²) in [7, 11) is 1.92. The van der Waals surface area contributed by atoms with Crippen LogP contribution < -0.4 is 5.32 Å². The van der Waals surface area contributed by atoms with Crippen LogP contribution in [0.3, 0.4) is 0 Å². The lowest BCUT2D eigenvalue weighted by atomic mass is 10.0. The molecule has 0 amide bonds. The number of nitrogens with zero attached hydrogens (tertiary/aromatic N) is 3. The van der Waals surface area contributed by atoms with E-state index in [-0.39, 0.29) is 6.17 Å². The highest BCUT2D eigenvalue weighted by Crippen LogP contribution is 2.29. The second-order valence-electron chi connectivity index (χ2n) is 5.65. The molecule has 0 saturated carbocycles. The third-order valence-electron chi connectivity index (χ3n) is 4.19. The van der Waals surface area contributed by atoms with Crippen molar-refractivity contribution in [3.63, 3.8) is 0 Å². The monoisotopic (exact) mass is 302 g/mol. The second-order valence-corrected chi connectivity index (χ2v) is 5.65. The Morgan fingerprint density at radius 2 is 1.74 bits per heavy atom. The number of aliphatic imine (C=N–C) groups is 1. The minimum Gasteiger partial charge on any atom is -0.297 e. The van der Waals surface area contributed by atoms with Crippen molar-refractivity contribution in [2.45, 2.75) is 13.1 Å². The molecular weight excluding hydrogens is 284 g/mol. The Bertz CT molecular complexity index is 877. The van der Waals surface area contributed by atoms with Gasteiger partial charge in [0.25, 0.3) is 0 Å². The molecule has 0 fully saturated rings. The van der Waals surface area contributed by atoms with E-state index in [1.54, 1.807) is 0 Å². The van der Waals surface area contributed by atoms with E-state index in [0.29, 0.717) is 0 Å². The Balaban J connectivity index is 2.04. The number of aryl methyl sites for hydroxylation is 1. The van der Waals surface area contributed by atoms with E-state index in [0.717, 1.165) is 34.0 Å². The molecule has 2 aromatic carbocycles. The van der Waals surface area contributed by atoms with Crippen LogP contribution in [-0.2, 0) is 0 Å². The summed E-state index contributed by atoms with van der Waals surface area (Å²) in [4.78, 5) is 9.57. The summed E-state index contributed by atoms with van der Waals surface area (Å²) in [6, 6.07) is 18.7. The maximum atomic E-state index is 4.98. The predicted molar refractivity (Wildman–Crippen MR) is 92.2 cm³/mol. The van der Waals surface area contributed by atoms with Gasteiger partial charge in [-0.05, 0) is 20.0 Å². The molecule has 3 aromatic rings. The third-order valence-corrected chi connectivity index (χ3v) is 4.19. The second kappa shape index (κ2) is 5.48. The first-order valence-electron chi connectivity index (χ1n) is 7.74. The summed E-state index contributed by atoms with van der Waals surface area (Å²) in [5, 5.41) is 3.28. The smallest absolute Gasteiger partial charge is 0.159 e. The Kier molecular flexibility index (Phi) is 3.32. The first-order chi connectivity index (χ1) is 11.3. The normalized spacial score (nSPS) is 16.3. The average molecular weight is 302 g/mol. The number of imidazole rings is 1. The van der Waals surface area contributed by atoms with Gasteiger partial charge in [0, 0.05) is 23.0 Å². The highest BCUT2D eigenvalue weighted by Gasteiger charge is 2.25. The van der Waals surface area contributed by atoms with Crippen LogP contribution in [0.4, 0.5) is 0 Å². The first-order valence-corrected chi connectivity index (χ1v) is 7.74. The first kappa shape index (κ1) is 13.9. The van der Waals surface area contributed by atoms with Crippen LogP contribution in [0.2, 0.25) is 0 Å². The van der Waals surface area contributed by atoms with Gasteiger partial charge in [-0.15, -0.1) is 0 Å². The van der Waals surface area contributed by atoms with Crippen molar-refractivity contribution in [2.75, 3.05) is 7.05 Å². The van der Waals surface area contributed by atoms with Crippen LogP contribution >= 0.6 is 0 Å². The quantitative estimate of drug-likeness (QED) is 0.789. The number of para-hydroxylation sites is 1. The van der Waals surface area contributed by atoms with Crippen molar-refractivity contribution in [3.8, 4) is 5.69 Å². The van der Waals surface area contributed by atoms with Crippen molar-refractivity contribution in [1.82, 2.24) is 14.9 Å². The van der Waals surface area contributed by atoms with Crippen molar-refractivity contribution in [1.29, 1.82) is 0 Å². The average Bonchev–Trinajstić information content (AvgIpc) is 2.91. The number of nitrogens with one attached hydrogen (secondary N) is 1. The molecule has 4 rings (SSSR count). The molecule has 1 N–H and O–H groups in total. The van der Waals surface area contributed by atoms with Crippen LogP contribution in [-0.4, -0.2) is 22.3 Å². The van der Waals surface area contributed by atoms with E-state index in [1.807, 2.05) is 31.4 Å². The molecule has 1 atom stereocenters. The minimum atomic E-state index is -0.175. The van der Waals surface area contributed by atoms with Crippen LogP contribution in [0.5, 0.6) is 0 Å². The number of hydrogen-bond acceptors (Lipinski definition) is 3. The Labute approximate surface area is 135 Å². The fraction of sp³-hybridized carbons (Fsp3) is 0.158. The molecule has 1 unspecified atom stereocenters. The van der Waals surface area contributed by atoms with Crippen molar-refractivity contribution in [2.24, 2.45) is 4.99 Å². The van der Waals surface area contributed by atoms with Crippen LogP contribution in [0.15, 0.2) is 65.8 Å². The summed E-state index contributed by atoms with van der Waals surface area (Å²) in [6.45, 7) is 2.08. The van der Waals surface area contributed by atoms with Gasteiger partial charge in [-0.2, -0.15) is 0 Å². The molecule has 0 aliphatic carbocycles. The summed E-state index contributed by atoms with van der Waals surface area (Å²) in [6.07, 6.45) is 1.73. The van der Waals surface area contributed by atoms with Gasteiger partial charge in [0.15, 0.2) is 12.0 Å². The van der Waals surface area contributed by atoms with Crippen LogP contribution in [0.1, 0.15) is 28.8 Å². The maximum Gasteiger partial charge on any atom is 0.159 e. The maximum absolute atomic E-state index is 4.98. The zero-order valence-electron chi connectivity index (χ0n) is 13.2. The van der Waals surface area contributed by atoms with E-state index in [4.69, 9.17) is 4.99 Å². The number of hydrogen-bond donors (Lipinski definition) is 1. The van der Waals surface area contributed by atoms with Gasteiger partial charge >= 0.3 is 0 Å². The lowest BCUT2D eigenvalue weighted by molar-refractivity contribution is 0.580. The number of benzene rings is 2. The summed E-state index contributed by atoms with van der Waals surface area (Å²) >= 11 is 0. The van der Waals surface area contributed by atoms with E-state index >= 15 is 0 Å². The predicted octanol–water partition coefficient (Wildman–Crippen LogP) is 3.25. The summed E-state index contributed by atoms with van der Waals surface area (Å²) in [5.74, 6) is 0.920. The van der Waals surface area contributed by atoms with Gasteiger partial charge in [0.2, 0.25) is 0 Å². The van der Waals surface area contributed by atoms with Crippen LogP contribution in [0.25, 0.3) is 5.69 Å². The van der Waals surface area contributed by atoms with Crippen LogP contribution in [0, 0.1) is 6.92 Å². The van der Waals surface area contributed by atoms with Crippen molar-refractivity contribution >= 4 is 5.71 Å².